The minimum Gasteiger partial charge on any atom is -0.481 e. The molecule has 16 heavy (non-hydrogen) atoms. The highest BCUT2D eigenvalue weighted by atomic mass is 16.4. The molecule has 0 saturated heterocycles. The number of carbonyl (C=O) groups excluding carboxylic acids is 1. The molecule has 0 aliphatic carbocycles. The zero-order valence-electron chi connectivity index (χ0n) is 10.3. The lowest BCUT2D eigenvalue weighted by molar-refractivity contribution is -0.138. The van der Waals surface area contributed by atoms with Crippen molar-refractivity contribution >= 4 is 11.9 Å². The number of nitrogens with two attached hydrogens (primary N) is 1. The highest BCUT2D eigenvalue weighted by Gasteiger charge is 2.18. The summed E-state index contributed by atoms with van der Waals surface area (Å²) in [5, 5.41) is 8.46. The molecule has 0 aliphatic heterocycles. The van der Waals surface area contributed by atoms with Gasteiger partial charge in [-0.25, -0.2) is 0 Å². The van der Waals surface area contributed by atoms with Crippen molar-refractivity contribution < 1.29 is 14.7 Å². The molecule has 0 spiro atoms. The Hall–Kier alpha value is -1.10. The molecule has 1 amide bonds. The van der Waals surface area contributed by atoms with Crippen LogP contribution in [0.15, 0.2) is 0 Å². The Kier molecular flexibility index (Phi) is 6.72. The first-order valence-corrected chi connectivity index (χ1v) is 5.57. The maximum absolute atomic E-state index is 11.7. The Labute approximate surface area is 96.6 Å². The molecule has 94 valence electrons. The molecule has 0 aliphatic rings. The molecular formula is C11H22N2O3. The summed E-state index contributed by atoms with van der Waals surface area (Å²) in [6, 6.07) is -0.477. The number of aliphatic carboxylic acids is 1. The third-order valence-electron chi connectivity index (χ3n) is 2.30. The number of carboxylic acids is 1. The van der Waals surface area contributed by atoms with Crippen LogP contribution in [-0.2, 0) is 9.59 Å². The van der Waals surface area contributed by atoms with Gasteiger partial charge in [0.15, 0.2) is 0 Å². The molecule has 0 bridgehead atoms. The van der Waals surface area contributed by atoms with Crippen LogP contribution in [0.4, 0.5) is 0 Å². The Morgan fingerprint density at radius 3 is 2.38 bits per heavy atom. The van der Waals surface area contributed by atoms with E-state index >= 15 is 0 Å². The zero-order valence-corrected chi connectivity index (χ0v) is 10.3. The average molecular weight is 230 g/mol. The van der Waals surface area contributed by atoms with Gasteiger partial charge in [-0.15, -0.1) is 0 Å². The van der Waals surface area contributed by atoms with E-state index in [9.17, 15) is 9.59 Å². The predicted octanol–water partition coefficient (Wildman–Crippen LogP) is 0.683. The van der Waals surface area contributed by atoms with Crippen LogP contribution >= 0.6 is 0 Å². The van der Waals surface area contributed by atoms with Crippen molar-refractivity contribution in [1.29, 1.82) is 0 Å². The number of rotatable bonds is 7. The molecule has 0 saturated carbocycles. The minimum absolute atomic E-state index is 0.0804. The van der Waals surface area contributed by atoms with Crippen molar-refractivity contribution in [2.45, 2.75) is 39.2 Å². The topological polar surface area (TPSA) is 83.6 Å². The lowest BCUT2D eigenvalue weighted by atomic mass is 10.0. The SMILES string of the molecule is CC(C)CC(N)C(=O)N(C)CCCC(=O)O. The van der Waals surface area contributed by atoms with E-state index in [0.29, 0.717) is 25.3 Å². The number of likely N-dealkylation sites (N-methyl/N-ethyl adjacent to an activating group) is 1. The minimum atomic E-state index is -0.840. The van der Waals surface area contributed by atoms with E-state index in [1.54, 1.807) is 7.05 Å². The van der Waals surface area contributed by atoms with Crippen LogP contribution in [0.2, 0.25) is 0 Å². The molecule has 0 aromatic heterocycles. The van der Waals surface area contributed by atoms with Gasteiger partial charge in [-0.05, 0) is 18.8 Å². The smallest absolute Gasteiger partial charge is 0.303 e. The molecule has 3 N–H and O–H groups in total. The molecule has 0 fully saturated rings. The fraction of sp³-hybridized carbons (Fsp3) is 0.818. The van der Waals surface area contributed by atoms with E-state index in [2.05, 4.69) is 0 Å². The van der Waals surface area contributed by atoms with Crippen LogP contribution in [0.5, 0.6) is 0 Å². The fourth-order valence-corrected chi connectivity index (χ4v) is 1.47. The summed E-state index contributed by atoms with van der Waals surface area (Å²) in [6.07, 6.45) is 1.20. The van der Waals surface area contributed by atoms with Gasteiger partial charge in [-0.3, -0.25) is 9.59 Å². The van der Waals surface area contributed by atoms with E-state index < -0.39 is 12.0 Å². The first-order chi connectivity index (χ1) is 7.34. The molecule has 0 rings (SSSR count). The Bertz CT molecular complexity index is 241. The van der Waals surface area contributed by atoms with Crippen LogP contribution in [0.3, 0.4) is 0 Å². The van der Waals surface area contributed by atoms with E-state index in [1.807, 2.05) is 13.8 Å². The van der Waals surface area contributed by atoms with Crippen molar-refractivity contribution in [1.82, 2.24) is 4.90 Å². The maximum atomic E-state index is 11.7. The van der Waals surface area contributed by atoms with Crippen LogP contribution < -0.4 is 5.73 Å². The second-order valence-electron chi connectivity index (χ2n) is 4.49. The first-order valence-electron chi connectivity index (χ1n) is 5.57. The molecular weight excluding hydrogens is 208 g/mol. The molecule has 1 unspecified atom stereocenters. The highest BCUT2D eigenvalue weighted by molar-refractivity contribution is 5.81. The van der Waals surface area contributed by atoms with Gasteiger partial charge in [0.2, 0.25) is 5.91 Å². The molecule has 0 aromatic carbocycles. The van der Waals surface area contributed by atoms with Gasteiger partial charge in [-0.2, -0.15) is 0 Å². The van der Waals surface area contributed by atoms with Crippen molar-refractivity contribution in [3.63, 3.8) is 0 Å². The largest absolute Gasteiger partial charge is 0.481 e. The molecule has 0 heterocycles. The van der Waals surface area contributed by atoms with Gasteiger partial charge in [0, 0.05) is 20.0 Å². The molecule has 0 radical (unpaired) electrons. The molecule has 0 aromatic rings. The van der Waals surface area contributed by atoms with Crippen LogP contribution in [0.25, 0.3) is 0 Å². The van der Waals surface area contributed by atoms with Gasteiger partial charge in [-0.1, -0.05) is 13.8 Å². The van der Waals surface area contributed by atoms with Gasteiger partial charge in [0.25, 0.3) is 0 Å². The van der Waals surface area contributed by atoms with E-state index in [0.717, 1.165) is 0 Å². The Morgan fingerprint density at radius 1 is 1.38 bits per heavy atom. The Morgan fingerprint density at radius 2 is 1.94 bits per heavy atom. The lowest BCUT2D eigenvalue weighted by Crippen LogP contribution is -2.42. The summed E-state index contributed by atoms with van der Waals surface area (Å²) in [5.41, 5.74) is 5.74. The van der Waals surface area contributed by atoms with Gasteiger partial charge >= 0.3 is 5.97 Å². The van der Waals surface area contributed by atoms with Crippen LogP contribution in [0.1, 0.15) is 33.1 Å². The standard InChI is InChI=1S/C11H22N2O3/c1-8(2)7-9(12)11(16)13(3)6-4-5-10(14)15/h8-9H,4-7,12H2,1-3H3,(H,14,15). The second-order valence-corrected chi connectivity index (χ2v) is 4.49. The number of carboxylic acid groups (broad SMARTS) is 1. The highest BCUT2D eigenvalue weighted by Crippen LogP contribution is 2.05. The third kappa shape index (κ3) is 6.40. The van der Waals surface area contributed by atoms with Crippen molar-refractivity contribution in [3.05, 3.63) is 0 Å². The molecule has 5 heteroatoms. The van der Waals surface area contributed by atoms with Crippen molar-refractivity contribution in [2.24, 2.45) is 11.7 Å². The zero-order chi connectivity index (χ0) is 12.7. The summed E-state index contributed by atoms with van der Waals surface area (Å²) in [5.74, 6) is -0.571. The Balaban J connectivity index is 3.93. The summed E-state index contributed by atoms with van der Waals surface area (Å²) >= 11 is 0. The van der Waals surface area contributed by atoms with E-state index in [4.69, 9.17) is 10.8 Å². The van der Waals surface area contributed by atoms with E-state index in [1.165, 1.54) is 4.90 Å². The summed E-state index contributed by atoms with van der Waals surface area (Å²) in [7, 11) is 1.66. The second kappa shape index (κ2) is 7.22. The number of nitrogens with zero attached hydrogens (tertiary/aromatic N) is 1. The third-order valence-corrected chi connectivity index (χ3v) is 2.30. The van der Waals surface area contributed by atoms with Crippen LogP contribution in [0, 0.1) is 5.92 Å². The van der Waals surface area contributed by atoms with Crippen molar-refractivity contribution in [3.8, 4) is 0 Å². The number of hydrogen-bond acceptors (Lipinski definition) is 3. The number of amides is 1. The average Bonchev–Trinajstić information content (AvgIpc) is 2.14. The molecule has 5 nitrogen and oxygen atoms in total. The first kappa shape index (κ1) is 14.9. The van der Waals surface area contributed by atoms with Crippen LogP contribution in [-0.4, -0.2) is 41.5 Å². The maximum Gasteiger partial charge on any atom is 0.303 e. The number of carbonyl (C=O) groups is 2. The summed E-state index contributed by atoms with van der Waals surface area (Å²) < 4.78 is 0. The quantitative estimate of drug-likeness (QED) is 0.673. The van der Waals surface area contributed by atoms with Gasteiger partial charge in [0.05, 0.1) is 6.04 Å². The lowest BCUT2D eigenvalue weighted by Gasteiger charge is -2.22. The monoisotopic (exact) mass is 230 g/mol. The summed E-state index contributed by atoms with van der Waals surface area (Å²) in [4.78, 5) is 23.5. The number of hydrogen-bond donors (Lipinski definition) is 2. The summed E-state index contributed by atoms with van der Waals surface area (Å²) in [6.45, 7) is 4.46. The molecule has 1 atom stereocenters. The van der Waals surface area contributed by atoms with Crippen molar-refractivity contribution in [2.75, 3.05) is 13.6 Å². The van der Waals surface area contributed by atoms with Gasteiger partial charge < -0.3 is 15.7 Å². The fourth-order valence-electron chi connectivity index (χ4n) is 1.47. The normalized spacial score (nSPS) is 12.6. The van der Waals surface area contributed by atoms with E-state index in [-0.39, 0.29) is 12.3 Å². The van der Waals surface area contributed by atoms with Gasteiger partial charge in [0.1, 0.15) is 0 Å². The predicted molar refractivity (Wildman–Crippen MR) is 61.9 cm³/mol.